The predicted octanol–water partition coefficient (Wildman–Crippen LogP) is -3.01. The van der Waals surface area contributed by atoms with Crippen molar-refractivity contribution in [2.75, 3.05) is 0 Å². The number of hydrogen-bond donors (Lipinski definition) is 5. The standard InChI is InChI=1S/2C6H13N2.C4H6O5.2Pt/c2*7-5-3-1-2-4-6(5)8;5-2(4(8)9)1-3(6)7;;/h2*5H,1-4,7-8H2;2,5H,1H2,(H,6,7)(H,8,9);;/q2*-1;;2*+2/p-2. The van der Waals surface area contributed by atoms with Gasteiger partial charge in [0.15, 0.2) is 0 Å². The van der Waals surface area contributed by atoms with Crippen molar-refractivity contribution in [3.63, 3.8) is 0 Å². The molecule has 2 aliphatic carbocycles. The quantitative estimate of drug-likeness (QED) is 0.186. The molecule has 0 aromatic carbocycles. The molecule has 11 heteroatoms. The van der Waals surface area contributed by atoms with Crippen molar-refractivity contribution in [3.8, 4) is 0 Å². The van der Waals surface area contributed by atoms with Gasteiger partial charge in [-0.2, -0.15) is 12.8 Å². The molecule has 3 atom stereocenters. The number of rotatable bonds is 3. The average molecular weight is 749 g/mol. The summed E-state index contributed by atoms with van der Waals surface area (Å²) in [5.74, 6) is -3.43. The maximum atomic E-state index is 9.58. The smallest absolute Gasteiger partial charge is 0.550 e. The zero-order chi connectivity index (χ0) is 19.4. The van der Waals surface area contributed by atoms with E-state index in [9.17, 15) is 19.8 Å². The molecule has 2 fully saturated rings. The van der Waals surface area contributed by atoms with Gasteiger partial charge in [-0.25, -0.2) is 12.1 Å². The van der Waals surface area contributed by atoms with Crippen LogP contribution in [0.4, 0.5) is 0 Å². The molecule has 2 aliphatic rings. The minimum Gasteiger partial charge on any atom is -0.550 e. The molecule has 0 saturated heterocycles. The Hall–Kier alpha value is 0.117. The molecule has 3 unspecified atom stereocenters. The van der Waals surface area contributed by atoms with Gasteiger partial charge in [0.05, 0.1) is 12.1 Å². The van der Waals surface area contributed by atoms with Crippen LogP contribution in [0, 0.1) is 12.1 Å². The van der Waals surface area contributed by atoms with Gasteiger partial charge in [0.25, 0.3) is 0 Å². The summed E-state index contributed by atoms with van der Waals surface area (Å²) < 4.78 is 0. The van der Waals surface area contributed by atoms with E-state index in [1.54, 1.807) is 0 Å². The Kier molecular flexibility index (Phi) is 21.4. The Bertz CT molecular complexity index is 367. The van der Waals surface area contributed by atoms with E-state index in [2.05, 4.69) is 0 Å². The molecule has 0 bridgehead atoms. The molecule has 164 valence electrons. The van der Waals surface area contributed by atoms with E-state index >= 15 is 0 Å². The third kappa shape index (κ3) is 16.7. The van der Waals surface area contributed by atoms with Gasteiger partial charge in [0.2, 0.25) is 0 Å². The summed E-state index contributed by atoms with van der Waals surface area (Å²) in [4.78, 5) is 19.1. The Balaban J connectivity index is -0.000000309. The van der Waals surface area contributed by atoms with E-state index in [0.717, 1.165) is 37.8 Å². The summed E-state index contributed by atoms with van der Waals surface area (Å²) in [6.07, 6.45) is 6.35. The SMILES string of the molecule is N[C-]1CCCCC1N.N[C-]1CCCCC1N.O=C([O-])CC(O)C(=O)[O-].[Pt+2].[Pt+2]. The van der Waals surface area contributed by atoms with Crippen molar-refractivity contribution in [2.24, 2.45) is 22.9 Å². The van der Waals surface area contributed by atoms with E-state index in [4.69, 9.17) is 28.0 Å². The molecule has 9 N–H and O–H groups in total. The van der Waals surface area contributed by atoms with E-state index < -0.39 is 24.5 Å². The van der Waals surface area contributed by atoms with Gasteiger partial charge < -0.3 is 47.8 Å². The van der Waals surface area contributed by atoms with Gasteiger partial charge in [-0.1, -0.05) is 38.5 Å². The third-order valence-electron chi connectivity index (χ3n) is 4.05. The van der Waals surface area contributed by atoms with Gasteiger partial charge in [-0.05, 0) is 0 Å². The van der Waals surface area contributed by atoms with Crippen LogP contribution in [0.25, 0.3) is 0 Å². The molecule has 27 heavy (non-hydrogen) atoms. The summed E-state index contributed by atoms with van der Waals surface area (Å²) in [7, 11) is 0. The fourth-order valence-corrected chi connectivity index (χ4v) is 2.37. The van der Waals surface area contributed by atoms with Gasteiger partial charge in [0, 0.05) is 12.4 Å². The molecule has 2 rings (SSSR count). The van der Waals surface area contributed by atoms with Crippen molar-refractivity contribution in [1.29, 1.82) is 0 Å². The maximum absolute atomic E-state index is 9.58. The molecule has 9 nitrogen and oxygen atoms in total. The molecule has 0 heterocycles. The van der Waals surface area contributed by atoms with Crippen molar-refractivity contribution in [2.45, 2.75) is 76.0 Å². The second-order valence-corrected chi connectivity index (χ2v) is 6.27. The van der Waals surface area contributed by atoms with Crippen LogP contribution in [-0.4, -0.2) is 35.2 Å². The van der Waals surface area contributed by atoms with Crippen LogP contribution < -0.4 is 33.1 Å². The summed E-state index contributed by atoms with van der Waals surface area (Å²) in [6.45, 7) is 0. The van der Waals surface area contributed by atoms with Gasteiger partial charge in [0.1, 0.15) is 0 Å². The molecule has 0 spiro atoms. The van der Waals surface area contributed by atoms with E-state index in [-0.39, 0.29) is 54.2 Å². The number of carboxylic acids is 2. The summed E-state index contributed by atoms with van der Waals surface area (Å²) >= 11 is 0. The third-order valence-corrected chi connectivity index (χ3v) is 4.05. The Morgan fingerprint density at radius 3 is 1.44 bits per heavy atom. The Morgan fingerprint density at radius 2 is 1.30 bits per heavy atom. The van der Waals surface area contributed by atoms with Gasteiger partial charge in [-0.15, -0.1) is 12.1 Å². The van der Waals surface area contributed by atoms with E-state index in [1.807, 2.05) is 0 Å². The zero-order valence-electron chi connectivity index (χ0n) is 15.1. The first-order valence-corrected chi connectivity index (χ1v) is 8.47. The van der Waals surface area contributed by atoms with Crippen LogP contribution in [0.3, 0.4) is 0 Å². The number of hydrogen-bond acceptors (Lipinski definition) is 9. The number of carbonyl (C=O) groups is 2. The van der Waals surface area contributed by atoms with Crippen LogP contribution in [0.1, 0.15) is 57.8 Å². The Morgan fingerprint density at radius 1 is 0.926 bits per heavy atom. The van der Waals surface area contributed by atoms with Crippen LogP contribution in [0.15, 0.2) is 0 Å². The van der Waals surface area contributed by atoms with Crippen molar-refractivity contribution < 1.29 is 67.0 Å². The molecule has 0 amide bonds. The van der Waals surface area contributed by atoms with E-state index in [1.165, 1.54) is 25.7 Å². The van der Waals surface area contributed by atoms with Crippen LogP contribution >= 0.6 is 0 Å². The molecular formula is C16H30N4O5Pt2. The van der Waals surface area contributed by atoms with Gasteiger partial charge >= 0.3 is 42.1 Å². The first-order valence-electron chi connectivity index (χ1n) is 8.47. The number of aliphatic hydroxyl groups is 1. The van der Waals surface area contributed by atoms with Crippen molar-refractivity contribution >= 4 is 11.9 Å². The molecule has 0 aromatic rings. The Labute approximate surface area is 189 Å². The first kappa shape index (κ1) is 31.8. The molecule has 0 aromatic heterocycles. The normalized spacial score (nSPS) is 23.7. The second-order valence-electron chi connectivity index (χ2n) is 6.27. The number of carbonyl (C=O) groups excluding carboxylic acids is 2. The molecular weight excluding hydrogens is 718 g/mol. The van der Waals surface area contributed by atoms with Crippen LogP contribution in [0.5, 0.6) is 0 Å². The van der Waals surface area contributed by atoms with Crippen molar-refractivity contribution in [3.05, 3.63) is 12.1 Å². The monoisotopic (exact) mass is 748 g/mol. The summed E-state index contributed by atoms with van der Waals surface area (Å²) in [5, 5.41) is 27.3. The fraction of sp³-hybridized carbons (Fsp3) is 0.750. The second kappa shape index (κ2) is 18.2. The number of aliphatic carboxylic acids is 2. The summed E-state index contributed by atoms with van der Waals surface area (Å²) in [6, 6.07) is 2.39. The number of nitrogens with two attached hydrogens (primary N) is 4. The molecule has 2 saturated carbocycles. The number of carboxylic acid groups (broad SMARTS) is 2. The minimum atomic E-state index is -1.96. The van der Waals surface area contributed by atoms with Crippen LogP contribution in [-0.2, 0) is 51.7 Å². The van der Waals surface area contributed by atoms with Crippen LogP contribution in [0.2, 0.25) is 0 Å². The first-order chi connectivity index (χ1) is 11.6. The van der Waals surface area contributed by atoms with E-state index in [0.29, 0.717) is 0 Å². The average Bonchev–Trinajstić information content (AvgIpc) is 2.54. The van der Waals surface area contributed by atoms with Crippen molar-refractivity contribution in [1.82, 2.24) is 0 Å². The number of aliphatic hydroxyl groups excluding tert-OH is 1. The molecule has 0 aliphatic heterocycles. The maximum Gasteiger partial charge on any atom is 2.00 e. The topological polar surface area (TPSA) is 205 Å². The van der Waals surface area contributed by atoms with Gasteiger partial charge in [-0.3, -0.25) is 0 Å². The summed E-state index contributed by atoms with van der Waals surface area (Å²) in [5.41, 5.74) is 22.4. The predicted molar refractivity (Wildman–Crippen MR) is 88.4 cm³/mol. The largest absolute Gasteiger partial charge is 2.00 e. The fourth-order valence-electron chi connectivity index (χ4n) is 2.37. The zero-order valence-corrected chi connectivity index (χ0v) is 19.7. The minimum absolute atomic E-state index is 0. The molecule has 0 radical (unpaired) electrons.